The lowest BCUT2D eigenvalue weighted by molar-refractivity contribution is 0.131. The minimum atomic E-state index is 0.579. The lowest BCUT2D eigenvalue weighted by atomic mass is 9.79. The Morgan fingerprint density at radius 1 is 0.833 bits per heavy atom. The van der Waals surface area contributed by atoms with E-state index >= 15 is 0 Å². The molecule has 1 saturated carbocycles. The van der Waals surface area contributed by atoms with Crippen LogP contribution in [0.1, 0.15) is 64.2 Å². The minimum absolute atomic E-state index is 0.579. The van der Waals surface area contributed by atoms with Gasteiger partial charge in [-0.1, -0.05) is 38.5 Å². The molecule has 0 amide bonds. The van der Waals surface area contributed by atoms with Crippen LogP contribution in [0.5, 0.6) is 0 Å². The largest absolute Gasteiger partial charge is 0.319 e. The third kappa shape index (κ3) is 4.24. The second-order valence-electron chi connectivity index (χ2n) is 6.63. The van der Waals surface area contributed by atoms with Crippen LogP contribution in [-0.2, 0) is 0 Å². The van der Waals surface area contributed by atoms with E-state index in [-0.39, 0.29) is 0 Å². The number of hydrogen-bond donors (Lipinski definition) is 1. The van der Waals surface area contributed by atoms with Crippen molar-refractivity contribution in [2.45, 2.75) is 64.2 Å². The summed E-state index contributed by atoms with van der Waals surface area (Å²) < 4.78 is 0. The number of nitrogens with zero attached hydrogens (tertiary/aromatic N) is 1. The summed E-state index contributed by atoms with van der Waals surface area (Å²) in [5, 5.41) is 3.48. The average molecular weight is 252 g/mol. The molecule has 0 unspecified atom stereocenters. The van der Waals surface area contributed by atoms with Crippen molar-refractivity contribution in [2.75, 3.05) is 33.2 Å². The molecule has 0 spiro atoms. The molecule has 2 aliphatic rings. The summed E-state index contributed by atoms with van der Waals surface area (Å²) in [5.74, 6) is 0. The molecule has 2 fully saturated rings. The molecule has 0 atom stereocenters. The van der Waals surface area contributed by atoms with E-state index in [4.69, 9.17) is 0 Å². The van der Waals surface area contributed by atoms with Crippen molar-refractivity contribution < 1.29 is 0 Å². The van der Waals surface area contributed by atoms with Crippen molar-refractivity contribution in [3.8, 4) is 0 Å². The van der Waals surface area contributed by atoms with Crippen LogP contribution in [0.3, 0.4) is 0 Å². The standard InChI is InChI=1S/C16H32N2/c1-17-14-16(10-6-2-3-7-11-16)15-18-12-8-4-5-9-13-18/h17H,2-15H2,1H3. The summed E-state index contributed by atoms with van der Waals surface area (Å²) in [7, 11) is 2.13. The zero-order valence-corrected chi connectivity index (χ0v) is 12.3. The fourth-order valence-electron chi connectivity index (χ4n) is 4.01. The summed E-state index contributed by atoms with van der Waals surface area (Å²) >= 11 is 0. The predicted octanol–water partition coefficient (Wildman–Crippen LogP) is 3.42. The zero-order chi connectivity index (χ0) is 12.7. The smallest absolute Gasteiger partial charge is 0.00501 e. The van der Waals surface area contributed by atoms with E-state index in [1.54, 1.807) is 0 Å². The van der Waals surface area contributed by atoms with Crippen LogP contribution in [0.25, 0.3) is 0 Å². The van der Waals surface area contributed by atoms with Crippen molar-refractivity contribution in [1.82, 2.24) is 10.2 Å². The van der Waals surface area contributed by atoms with Gasteiger partial charge in [0.1, 0.15) is 0 Å². The molecule has 1 heterocycles. The lowest BCUT2D eigenvalue weighted by Crippen LogP contribution is -2.43. The molecule has 0 radical (unpaired) electrons. The molecule has 0 aromatic rings. The summed E-state index contributed by atoms with van der Waals surface area (Å²) in [5.41, 5.74) is 0.579. The maximum absolute atomic E-state index is 3.48. The maximum atomic E-state index is 3.48. The van der Waals surface area contributed by atoms with Gasteiger partial charge >= 0.3 is 0 Å². The second-order valence-corrected chi connectivity index (χ2v) is 6.63. The SMILES string of the molecule is CNCC1(CN2CCCCCC2)CCCCCC1. The van der Waals surface area contributed by atoms with Crippen LogP contribution in [0.4, 0.5) is 0 Å². The van der Waals surface area contributed by atoms with E-state index < -0.39 is 0 Å². The Balaban J connectivity index is 1.94. The van der Waals surface area contributed by atoms with E-state index in [0.717, 1.165) is 0 Å². The molecule has 2 rings (SSSR count). The Morgan fingerprint density at radius 2 is 1.39 bits per heavy atom. The van der Waals surface area contributed by atoms with Gasteiger partial charge in [0.2, 0.25) is 0 Å². The molecule has 0 aromatic carbocycles. The highest BCUT2D eigenvalue weighted by molar-refractivity contribution is 4.87. The Morgan fingerprint density at radius 3 is 1.94 bits per heavy atom. The van der Waals surface area contributed by atoms with Gasteiger partial charge in [-0.15, -0.1) is 0 Å². The summed E-state index contributed by atoms with van der Waals surface area (Å²) in [6.07, 6.45) is 14.5. The third-order valence-electron chi connectivity index (χ3n) is 4.97. The first kappa shape index (κ1) is 14.3. The molecular formula is C16H32N2. The normalized spacial score (nSPS) is 26.5. The Kier molecular flexibility index (Phi) is 5.97. The van der Waals surface area contributed by atoms with Gasteiger partial charge in [-0.3, -0.25) is 0 Å². The van der Waals surface area contributed by atoms with Crippen molar-refractivity contribution in [3.63, 3.8) is 0 Å². The minimum Gasteiger partial charge on any atom is -0.319 e. The quantitative estimate of drug-likeness (QED) is 0.771. The van der Waals surface area contributed by atoms with Gasteiger partial charge in [-0.05, 0) is 51.2 Å². The molecule has 1 aliphatic heterocycles. The fourth-order valence-corrected chi connectivity index (χ4v) is 4.01. The summed E-state index contributed by atoms with van der Waals surface area (Å²) in [6.45, 7) is 5.29. The first-order valence-corrected chi connectivity index (χ1v) is 8.22. The monoisotopic (exact) mass is 252 g/mol. The van der Waals surface area contributed by atoms with Gasteiger partial charge in [0, 0.05) is 13.1 Å². The van der Waals surface area contributed by atoms with Gasteiger partial charge < -0.3 is 10.2 Å². The fraction of sp³-hybridized carbons (Fsp3) is 1.00. The van der Waals surface area contributed by atoms with Crippen molar-refractivity contribution in [3.05, 3.63) is 0 Å². The van der Waals surface area contributed by atoms with Crippen molar-refractivity contribution in [2.24, 2.45) is 5.41 Å². The zero-order valence-electron chi connectivity index (χ0n) is 12.3. The van der Waals surface area contributed by atoms with E-state index in [9.17, 15) is 0 Å². The van der Waals surface area contributed by atoms with E-state index in [2.05, 4.69) is 17.3 Å². The predicted molar refractivity (Wildman–Crippen MR) is 79.0 cm³/mol. The van der Waals surface area contributed by atoms with E-state index in [1.807, 2.05) is 0 Å². The molecule has 0 aromatic heterocycles. The van der Waals surface area contributed by atoms with Gasteiger partial charge in [0.05, 0.1) is 0 Å². The average Bonchev–Trinajstić information content (AvgIpc) is 2.73. The Bertz CT molecular complexity index is 211. The first-order valence-electron chi connectivity index (χ1n) is 8.22. The third-order valence-corrected chi connectivity index (χ3v) is 4.97. The second kappa shape index (κ2) is 7.49. The Hall–Kier alpha value is -0.0800. The van der Waals surface area contributed by atoms with Crippen LogP contribution in [0, 0.1) is 5.41 Å². The number of nitrogens with one attached hydrogen (secondary N) is 1. The van der Waals surface area contributed by atoms with Crippen LogP contribution in [-0.4, -0.2) is 38.1 Å². The van der Waals surface area contributed by atoms with Gasteiger partial charge in [-0.25, -0.2) is 0 Å². The van der Waals surface area contributed by atoms with Gasteiger partial charge in [0.25, 0.3) is 0 Å². The maximum Gasteiger partial charge on any atom is 0.00501 e. The highest BCUT2D eigenvalue weighted by Gasteiger charge is 2.32. The van der Waals surface area contributed by atoms with Crippen LogP contribution < -0.4 is 5.32 Å². The number of likely N-dealkylation sites (tertiary alicyclic amines) is 1. The van der Waals surface area contributed by atoms with Crippen molar-refractivity contribution in [1.29, 1.82) is 0 Å². The summed E-state index contributed by atoms with van der Waals surface area (Å²) in [4.78, 5) is 2.77. The summed E-state index contributed by atoms with van der Waals surface area (Å²) in [6, 6.07) is 0. The molecule has 2 nitrogen and oxygen atoms in total. The van der Waals surface area contributed by atoms with Crippen LogP contribution >= 0.6 is 0 Å². The van der Waals surface area contributed by atoms with E-state index in [0.29, 0.717) is 5.41 Å². The molecule has 0 bridgehead atoms. The molecule has 1 saturated heterocycles. The lowest BCUT2D eigenvalue weighted by Gasteiger charge is -2.38. The molecule has 2 heteroatoms. The van der Waals surface area contributed by atoms with Crippen molar-refractivity contribution >= 4 is 0 Å². The van der Waals surface area contributed by atoms with Gasteiger partial charge in [0.15, 0.2) is 0 Å². The molecular weight excluding hydrogens is 220 g/mol. The van der Waals surface area contributed by atoms with Crippen LogP contribution in [0.15, 0.2) is 0 Å². The molecule has 106 valence electrons. The van der Waals surface area contributed by atoms with Gasteiger partial charge in [-0.2, -0.15) is 0 Å². The Labute approximate surface area is 114 Å². The molecule has 1 N–H and O–H groups in total. The van der Waals surface area contributed by atoms with Crippen LogP contribution in [0.2, 0.25) is 0 Å². The highest BCUT2D eigenvalue weighted by atomic mass is 15.1. The number of hydrogen-bond acceptors (Lipinski definition) is 2. The topological polar surface area (TPSA) is 15.3 Å². The molecule has 18 heavy (non-hydrogen) atoms. The number of rotatable bonds is 4. The van der Waals surface area contributed by atoms with E-state index in [1.165, 1.54) is 90.4 Å². The molecule has 1 aliphatic carbocycles. The first-order chi connectivity index (χ1) is 8.85. The highest BCUT2D eigenvalue weighted by Crippen LogP contribution is 2.35.